The smallest absolute Gasteiger partial charge is 0.240 e. The Bertz CT molecular complexity index is 415. The van der Waals surface area contributed by atoms with E-state index < -0.39 is 0 Å². The molecule has 1 rings (SSSR count). The maximum atomic E-state index is 11.8. The lowest BCUT2D eigenvalue weighted by molar-refractivity contribution is -0.134. The zero-order valence-corrected chi connectivity index (χ0v) is 12.4. The molecule has 0 radical (unpaired) electrons. The van der Waals surface area contributed by atoms with Crippen molar-refractivity contribution in [2.75, 3.05) is 33.7 Å². The highest BCUT2D eigenvalue weighted by molar-refractivity contribution is 5.83. The van der Waals surface area contributed by atoms with E-state index in [1.807, 2.05) is 14.1 Å². The standard InChI is InChI=1S/C14H23N3O3/c1-12(18)17(8-5-7-16(2)3)11-14(19)15-10-13-6-4-9-20-13/h4,6,9H,5,7-8,10-11H2,1-3H3,(H,15,19). The van der Waals surface area contributed by atoms with Crippen LogP contribution in [0.15, 0.2) is 22.8 Å². The van der Waals surface area contributed by atoms with Gasteiger partial charge in [0.1, 0.15) is 5.76 Å². The second-order valence-electron chi connectivity index (χ2n) is 4.95. The molecule has 112 valence electrons. The fourth-order valence-electron chi connectivity index (χ4n) is 1.75. The van der Waals surface area contributed by atoms with Crippen molar-refractivity contribution in [3.63, 3.8) is 0 Å². The number of amides is 2. The van der Waals surface area contributed by atoms with Gasteiger partial charge in [0.05, 0.1) is 19.4 Å². The normalized spacial score (nSPS) is 10.6. The first kappa shape index (κ1) is 16.2. The summed E-state index contributed by atoms with van der Waals surface area (Å²) in [6.07, 6.45) is 2.41. The van der Waals surface area contributed by atoms with Crippen LogP contribution in [-0.4, -0.2) is 55.3 Å². The van der Waals surface area contributed by atoms with Crippen molar-refractivity contribution < 1.29 is 14.0 Å². The summed E-state index contributed by atoms with van der Waals surface area (Å²) in [6.45, 7) is 3.38. The maximum absolute atomic E-state index is 11.8. The third kappa shape index (κ3) is 6.38. The Kier molecular flexibility index (Phi) is 6.79. The highest BCUT2D eigenvalue weighted by Crippen LogP contribution is 1.99. The topological polar surface area (TPSA) is 65.8 Å². The first-order valence-corrected chi connectivity index (χ1v) is 6.68. The van der Waals surface area contributed by atoms with E-state index in [-0.39, 0.29) is 18.4 Å². The van der Waals surface area contributed by atoms with E-state index in [1.54, 1.807) is 23.3 Å². The molecule has 0 fully saturated rings. The molecule has 0 aliphatic heterocycles. The van der Waals surface area contributed by atoms with E-state index in [0.29, 0.717) is 18.8 Å². The first-order chi connectivity index (χ1) is 9.49. The van der Waals surface area contributed by atoms with Crippen LogP contribution >= 0.6 is 0 Å². The summed E-state index contributed by atoms with van der Waals surface area (Å²) in [5, 5.41) is 2.73. The number of carbonyl (C=O) groups is 2. The Labute approximate surface area is 119 Å². The van der Waals surface area contributed by atoms with Gasteiger partial charge < -0.3 is 19.5 Å². The predicted octanol–water partition coefficient (Wildman–Crippen LogP) is 0.696. The summed E-state index contributed by atoms with van der Waals surface area (Å²) in [4.78, 5) is 26.9. The van der Waals surface area contributed by atoms with Crippen LogP contribution in [0.4, 0.5) is 0 Å². The third-order valence-electron chi connectivity index (χ3n) is 2.85. The van der Waals surface area contributed by atoms with E-state index in [4.69, 9.17) is 4.42 Å². The van der Waals surface area contributed by atoms with Crippen LogP contribution in [0, 0.1) is 0 Å². The molecule has 1 aromatic rings. The number of nitrogens with one attached hydrogen (secondary N) is 1. The molecule has 0 aromatic carbocycles. The van der Waals surface area contributed by atoms with Gasteiger partial charge in [-0.15, -0.1) is 0 Å². The van der Waals surface area contributed by atoms with Crippen molar-refractivity contribution >= 4 is 11.8 Å². The number of rotatable bonds is 8. The molecule has 0 unspecified atom stereocenters. The van der Waals surface area contributed by atoms with Crippen LogP contribution in [0.25, 0.3) is 0 Å². The molecule has 2 amide bonds. The molecular formula is C14H23N3O3. The number of hydrogen-bond donors (Lipinski definition) is 1. The summed E-state index contributed by atoms with van der Waals surface area (Å²) >= 11 is 0. The highest BCUT2D eigenvalue weighted by atomic mass is 16.3. The Morgan fingerprint density at radius 1 is 1.30 bits per heavy atom. The van der Waals surface area contributed by atoms with Crippen molar-refractivity contribution in [1.82, 2.24) is 15.1 Å². The van der Waals surface area contributed by atoms with Crippen LogP contribution in [0.3, 0.4) is 0 Å². The largest absolute Gasteiger partial charge is 0.467 e. The average molecular weight is 281 g/mol. The number of carbonyl (C=O) groups excluding carboxylic acids is 2. The van der Waals surface area contributed by atoms with Gasteiger partial charge in [0, 0.05) is 13.5 Å². The summed E-state index contributed by atoms with van der Waals surface area (Å²) < 4.78 is 5.13. The van der Waals surface area contributed by atoms with Gasteiger partial charge in [-0.25, -0.2) is 0 Å². The first-order valence-electron chi connectivity index (χ1n) is 6.68. The molecule has 0 saturated heterocycles. The fourth-order valence-corrected chi connectivity index (χ4v) is 1.75. The zero-order chi connectivity index (χ0) is 15.0. The van der Waals surface area contributed by atoms with Crippen LogP contribution in [-0.2, 0) is 16.1 Å². The molecule has 1 heterocycles. The lowest BCUT2D eigenvalue weighted by Gasteiger charge is -2.21. The Morgan fingerprint density at radius 2 is 2.05 bits per heavy atom. The Hall–Kier alpha value is -1.82. The molecular weight excluding hydrogens is 258 g/mol. The lowest BCUT2D eigenvalue weighted by Crippen LogP contribution is -2.40. The van der Waals surface area contributed by atoms with Gasteiger partial charge in [0.25, 0.3) is 0 Å². The Morgan fingerprint density at radius 3 is 2.60 bits per heavy atom. The van der Waals surface area contributed by atoms with Crippen molar-refractivity contribution in [3.05, 3.63) is 24.2 Å². The maximum Gasteiger partial charge on any atom is 0.240 e. The van der Waals surface area contributed by atoms with Gasteiger partial charge in [-0.2, -0.15) is 0 Å². The molecule has 0 bridgehead atoms. The monoisotopic (exact) mass is 281 g/mol. The van der Waals surface area contributed by atoms with Crippen molar-refractivity contribution in [2.24, 2.45) is 0 Å². The van der Waals surface area contributed by atoms with Gasteiger partial charge in [0.2, 0.25) is 11.8 Å². The SMILES string of the molecule is CC(=O)N(CCCN(C)C)CC(=O)NCc1ccco1. The van der Waals surface area contributed by atoms with Gasteiger partial charge in [-0.1, -0.05) is 0 Å². The van der Waals surface area contributed by atoms with Crippen LogP contribution in [0.1, 0.15) is 19.1 Å². The second-order valence-corrected chi connectivity index (χ2v) is 4.95. The Balaban J connectivity index is 2.32. The highest BCUT2D eigenvalue weighted by Gasteiger charge is 2.13. The predicted molar refractivity (Wildman–Crippen MR) is 76.0 cm³/mol. The zero-order valence-electron chi connectivity index (χ0n) is 12.4. The van der Waals surface area contributed by atoms with Crippen molar-refractivity contribution in [2.45, 2.75) is 19.9 Å². The van der Waals surface area contributed by atoms with Gasteiger partial charge in [-0.05, 0) is 39.2 Å². The molecule has 0 atom stereocenters. The van der Waals surface area contributed by atoms with Gasteiger partial charge >= 0.3 is 0 Å². The summed E-state index contributed by atoms with van der Waals surface area (Å²) in [7, 11) is 3.96. The van der Waals surface area contributed by atoms with Crippen LogP contribution < -0.4 is 5.32 Å². The van der Waals surface area contributed by atoms with Crippen molar-refractivity contribution in [1.29, 1.82) is 0 Å². The summed E-state index contributed by atoms with van der Waals surface area (Å²) in [5.41, 5.74) is 0. The molecule has 0 spiro atoms. The van der Waals surface area contributed by atoms with Crippen LogP contribution in [0.5, 0.6) is 0 Å². The quantitative estimate of drug-likeness (QED) is 0.761. The third-order valence-corrected chi connectivity index (χ3v) is 2.85. The molecule has 0 aliphatic carbocycles. The summed E-state index contributed by atoms with van der Waals surface area (Å²) in [6, 6.07) is 3.56. The summed E-state index contributed by atoms with van der Waals surface area (Å²) in [5.74, 6) is 0.429. The second kappa shape index (κ2) is 8.37. The minimum absolute atomic E-state index is 0.0862. The van der Waals surface area contributed by atoms with Crippen LogP contribution in [0.2, 0.25) is 0 Å². The van der Waals surface area contributed by atoms with E-state index >= 15 is 0 Å². The number of nitrogens with zero attached hydrogens (tertiary/aromatic N) is 2. The van der Waals surface area contributed by atoms with E-state index in [9.17, 15) is 9.59 Å². The number of hydrogen-bond acceptors (Lipinski definition) is 4. The van der Waals surface area contributed by atoms with Gasteiger partial charge in [0.15, 0.2) is 0 Å². The molecule has 0 saturated carbocycles. The van der Waals surface area contributed by atoms with Crippen molar-refractivity contribution in [3.8, 4) is 0 Å². The molecule has 6 nitrogen and oxygen atoms in total. The fraction of sp³-hybridized carbons (Fsp3) is 0.571. The molecule has 1 N–H and O–H groups in total. The minimum atomic E-state index is -0.179. The molecule has 6 heteroatoms. The van der Waals surface area contributed by atoms with E-state index in [1.165, 1.54) is 6.92 Å². The minimum Gasteiger partial charge on any atom is -0.467 e. The molecule has 0 aliphatic rings. The molecule has 1 aromatic heterocycles. The molecule has 20 heavy (non-hydrogen) atoms. The van der Waals surface area contributed by atoms with Gasteiger partial charge in [-0.3, -0.25) is 9.59 Å². The lowest BCUT2D eigenvalue weighted by atomic mass is 10.3. The number of furan rings is 1. The van der Waals surface area contributed by atoms with E-state index in [0.717, 1.165) is 13.0 Å². The van der Waals surface area contributed by atoms with E-state index in [2.05, 4.69) is 10.2 Å². The average Bonchev–Trinajstić information content (AvgIpc) is 2.87.